The number of aromatic nitrogens is 2. The van der Waals surface area contributed by atoms with Crippen molar-refractivity contribution in [1.29, 1.82) is 0 Å². The first-order valence-electron chi connectivity index (χ1n) is 11.2. The molecule has 3 atom stereocenters. The van der Waals surface area contributed by atoms with Crippen molar-refractivity contribution in [3.05, 3.63) is 89.0 Å². The number of H-pyrrole nitrogens is 1. The summed E-state index contributed by atoms with van der Waals surface area (Å²) in [7, 11) is -3.77. The van der Waals surface area contributed by atoms with Gasteiger partial charge in [0, 0.05) is 24.6 Å². The van der Waals surface area contributed by atoms with Gasteiger partial charge in [-0.2, -0.15) is 4.31 Å². The zero-order valence-electron chi connectivity index (χ0n) is 19.0. The van der Waals surface area contributed by atoms with E-state index in [-0.39, 0.29) is 35.9 Å². The number of halogens is 2. The molecule has 2 aromatic carbocycles. The van der Waals surface area contributed by atoms with Crippen molar-refractivity contribution in [3.8, 4) is 0 Å². The summed E-state index contributed by atoms with van der Waals surface area (Å²) < 4.78 is 58.1. The summed E-state index contributed by atoms with van der Waals surface area (Å²) in [6.07, 6.45) is 3.84. The van der Waals surface area contributed by atoms with E-state index in [2.05, 4.69) is 9.97 Å². The molecule has 0 spiro atoms. The lowest BCUT2D eigenvalue weighted by atomic mass is 9.93. The van der Waals surface area contributed by atoms with Gasteiger partial charge in [-0.3, -0.25) is 4.79 Å². The van der Waals surface area contributed by atoms with E-state index in [1.807, 2.05) is 6.07 Å². The maximum Gasteiger partial charge on any atom is 0.221 e. The summed E-state index contributed by atoms with van der Waals surface area (Å²) in [6, 6.07) is 10.7. The van der Waals surface area contributed by atoms with Crippen molar-refractivity contribution in [1.82, 2.24) is 14.3 Å². The highest BCUT2D eigenvalue weighted by atomic mass is 32.2. The molecule has 3 aromatic rings. The fraction of sp³-hybridized carbons (Fsp3) is 0.360. The Kier molecular flexibility index (Phi) is 6.95. The van der Waals surface area contributed by atoms with E-state index >= 15 is 4.39 Å². The number of aromatic amines is 1. The highest BCUT2D eigenvalue weighted by Crippen LogP contribution is 2.38. The van der Waals surface area contributed by atoms with Crippen LogP contribution in [0.15, 0.2) is 55.0 Å². The minimum absolute atomic E-state index is 0.0196. The summed E-state index contributed by atoms with van der Waals surface area (Å²) in [6.45, 7) is 3.18. The smallest absolute Gasteiger partial charge is 0.221 e. The topological polar surface area (TPSA) is 83.1 Å². The van der Waals surface area contributed by atoms with Crippen molar-refractivity contribution in [2.24, 2.45) is 0 Å². The molecule has 2 heterocycles. The molecule has 180 valence electrons. The molecule has 0 bridgehead atoms. The average molecular weight is 488 g/mol. The molecular formula is C25H27F2N3O3S. The van der Waals surface area contributed by atoms with Crippen LogP contribution >= 0.6 is 0 Å². The number of ketones is 1. The number of nitrogens with zero attached hydrogens (tertiary/aromatic N) is 2. The standard InChI is InChI=1S/C25H27F2N3O3S/c1-16(10-24(31)23-13-28-15-29-23)20-12-21(26)19(11-22(20)27)14-30-17(2)8-9-25(34(30,32)33)18-6-4-3-5-7-18/h3-7,11-13,15-17,25H,8-10,14H2,1-2H3,(H,28,29)/t16?,17-,25+/m1/s1. The molecule has 6 nitrogen and oxygen atoms in total. The molecule has 1 fully saturated rings. The van der Waals surface area contributed by atoms with Crippen LogP contribution in [-0.2, 0) is 16.6 Å². The predicted octanol–water partition coefficient (Wildman–Crippen LogP) is 5.12. The second kappa shape index (κ2) is 9.76. The Bertz CT molecular complexity index is 1260. The van der Waals surface area contributed by atoms with E-state index in [4.69, 9.17) is 0 Å². The molecule has 0 saturated carbocycles. The molecule has 9 heteroatoms. The number of sulfonamides is 1. The van der Waals surface area contributed by atoms with Gasteiger partial charge in [0.05, 0.1) is 12.5 Å². The first kappa shape index (κ1) is 24.2. The van der Waals surface area contributed by atoms with Crippen LogP contribution in [0.5, 0.6) is 0 Å². The molecule has 1 aromatic heterocycles. The Balaban J connectivity index is 1.56. The summed E-state index contributed by atoms with van der Waals surface area (Å²) in [4.78, 5) is 18.8. The summed E-state index contributed by atoms with van der Waals surface area (Å²) in [5.74, 6) is -2.18. The van der Waals surface area contributed by atoms with E-state index in [1.54, 1.807) is 38.1 Å². The number of carbonyl (C=O) groups excluding carboxylic acids is 1. The van der Waals surface area contributed by atoms with Crippen LogP contribution in [0.2, 0.25) is 0 Å². The Morgan fingerprint density at radius 2 is 1.91 bits per heavy atom. The van der Waals surface area contributed by atoms with Crippen LogP contribution in [0.3, 0.4) is 0 Å². The van der Waals surface area contributed by atoms with E-state index in [0.717, 1.165) is 12.1 Å². The van der Waals surface area contributed by atoms with Gasteiger partial charge < -0.3 is 4.98 Å². The number of nitrogens with one attached hydrogen (secondary N) is 1. The van der Waals surface area contributed by atoms with Crippen molar-refractivity contribution in [3.63, 3.8) is 0 Å². The largest absolute Gasteiger partial charge is 0.342 e. The Hall–Kier alpha value is -2.91. The monoisotopic (exact) mass is 487 g/mol. The molecule has 0 aliphatic carbocycles. The molecule has 0 amide bonds. The minimum atomic E-state index is -3.77. The average Bonchev–Trinajstić information content (AvgIpc) is 3.34. The van der Waals surface area contributed by atoms with Crippen molar-refractivity contribution >= 4 is 15.8 Å². The van der Waals surface area contributed by atoms with Crippen molar-refractivity contribution < 1.29 is 22.0 Å². The third-order valence-corrected chi connectivity index (χ3v) is 8.88. The molecule has 4 rings (SSSR count). The second-order valence-electron chi connectivity index (χ2n) is 8.87. The number of carbonyl (C=O) groups is 1. The highest BCUT2D eigenvalue weighted by Gasteiger charge is 2.40. The van der Waals surface area contributed by atoms with Gasteiger partial charge in [-0.05, 0) is 48.9 Å². The second-order valence-corrected chi connectivity index (χ2v) is 10.9. The lowest BCUT2D eigenvalue weighted by Gasteiger charge is -2.37. The molecule has 0 radical (unpaired) electrons. The zero-order chi connectivity index (χ0) is 24.5. The third kappa shape index (κ3) is 4.81. The SMILES string of the molecule is CC(CC(=O)c1cnc[nH]1)c1cc(F)c(CN2[C@H](C)CC[C@@H](c3ccccc3)S2(=O)=O)cc1F. The van der Waals surface area contributed by atoms with Crippen LogP contribution in [0, 0.1) is 11.6 Å². The van der Waals surface area contributed by atoms with Gasteiger partial charge in [-0.15, -0.1) is 0 Å². The van der Waals surface area contributed by atoms with E-state index in [0.29, 0.717) is 24.1 Å². The van der Waals surface area contributed by atoms with E-state index < -0.39 is 32.8 Å². The van der Waals surface area contributed by atoms with E-state index in [1.165, 1.54) is 16.8 Å². The Labute approximate surface area is 198 Å². The van der Waals surface area contributed by atoms with Gasteiger partial charge in [0.25, 0.3) is 0 Å². The van der Waals surface area contributed by atoms with E-state index in [9.17, 15) is 17.6 Å². The lowest BCUT2D eigenvalue weighted by molar-refractivity contribution is 0.0971. The summed E-state index contributed by atoms with van der Waals surface area (Å²) in [5.41, 5.74) is 1.04. The summed E-state index contributed by atoms with van der Waals surface area (Å²) in [5, 5.41) is -0.717. The van der Waals surface area contributed by atoms with Crippen LogP contribution in [0.25, 0.3) is 0 Å². The Morgan fingerprint density at radius 1 is 1.18 bits per heavy atom. The van der Waals surface area contributed by atoms with Crippen LogP contribution in [-0.4, -0.2) is 34.5 Å². The number of hydrogen-bond acceptors (Lipinski definition) is 4. The highest BCUT2D eigenvalue weighted by molar-refractivity contribution is 7.89. The normalized spacial score (nSPS) is 21.3. The number of Topliss-reactive ketones (excluding diaryl/α,β-unsaturated/α-hetero) is 1. The number of rotatable bonds is 7. The lowest BCUT2D eigenvalue weighted by Crippen LogP contribution is -2.44. The molecule has 1 N–H and O–H groups in total. The maximum absolute atomic E-state index is 15.1. The fourth-order valence-electron chi connectivity index (χ4n) is 4.53. The van der Waals surface area contributed by atoms with Gasteiger partial charge in [-0.1, -0.05) is 37.3 Å². The van der Waals surface area contributed by atoms with Crippen LogP contribution < -0.4 is 0 Å². The van der Waals surface area contributed by atoms with Crippen LogP contribution in [0.4, 0.5) is 8.78 Å². The predicted molar refractivity (Wildman–Crippen MR) is 125 cm³/mol. The quantitative estimate of drug-likeness (QED) is 0.469. The molecular weight excluding hydrogens is 460 g/mol. The first-order chi connectivity index (χ1) is 16.2. The van der Waals surface area contributed by atoms with Gasteiger partial charge in [-0.25, -0.2) is 22.2 Å². The third-order valence-electron chi connectivity index (χ3n) is 6.51. The number of imidazole rings is 1. The van der Waals surface area contributed by atoms with Crippen molar-refractivity contribution in [2.45, 2.75) is 56.9 Å². The van der Waals surface area contributed by atoms with Crippen molar-refractivity contribution in [2.75, 3.05) is 0 Å². The summed E-state index contributed by atoms with van der Waals surface area (Å²) >= 11 is 0. The maximum atomic E-state index is 15.1. The first-order valence-corrected chi connectivity index (χ1v) is 12.7. The molecule has 1 aliphatic rings. The molecule has 1 saturated heterocycles. The molecule has 1 aliphatic heterocycles. The molecule has 1 unspecified atom stereocenters. The van der Waals surface area contributed by atoms with Gasteiger partial charge >= 0.3 is 0 Å². The van der Waals surface area contributed by atoms with Gasteiger partial charge in [0.15, 0.2) is 5.78 Å². The Morgan fingerprint density at radius 3 is 2.59 bits per heavy atom. The van der Waals surface area contributed by atoms with Crippen LogP contribution in [0.1, 0.15) is 71.5 Å². The zero-order valence-corrected chi connectivity index (χ0v) is 19.9. The molecule has 34 heavy (non-hydrogen) atoms. The van der Waals surface area contributed by atoms with Gasteiger partial charge in [0.2, 0.25) is 10.0 Å². The minimum Gasteiger partial charge on any atom is -0.342 e. The fourth-order valence-corrected chi connectivity index (χ4v) is 6.72. The number of hydrogen-bond donors (Lipinski definition) is 1. The van der Waals surface area contributed by atoms with Gasteiger partial charge in [0.1, 0.15) is 22.6 Å². The number of benzene rings is 2.